The second-order valence-corrected chi connectivity index (χ2v) is 7.15. The van der Waals surface area contributed by atoms with Gasteiger partial charge in [0, 0.05) is 42.3 Å². The maximum Gasteiger partial charge on any atom is 0.271 e. The van der Waals surface area contributed by atoms with Crippen LogP contribution in [0, 0.1) is 0 Å². The van der Waals surface area contributed by atoms with Gasteiger partial charge in [0.15, 0.2) is 0 Å². The van der Waals surface area contributed by atoms with Crippen molar-refractivity contribution in [3.05, 3.63) is 78.2 Å². The summed E-state index contributed by atoms with van der Waals surface area (Å²) in [4.78, 5) is 26.2. The number of para-hydroxylation sites is 2. The molecule has 0 fully saturated rings. The number of aromatic nitrogens is 5. The van der Waals surface area contributed by atoms with E-state index in [0.717, 1.165) is 27.7 Å². The molecule has 5 rings (SSSR count). The summed E-state index contributed by atoms with van der Waals surface area (Å²) >= 11 is 0. The second kappa shape index (κ2) is 7.49. The molecule has 3 aromatic heterocycles. The molecule has 0 aliphatic heterocycles. The van der Waals surface area contributed by atoms with E-state index in [4.69, 9.17) is 5.73 Å². The Balaban J connectivity index is 1.52. The lowest BCUT2D eigenvalue weighted by molar-refractivity contribution is 0.0948. The molecule has 0 atom stereocenters. The first-order chi connectivity index (χ1) is 15.1. The highest BCUT2D eigenvalue weighted by atomic mass is 16.1. The SMILES string of the molecule is Cn1nccc1-c1cccc2c(C(=O)NCc3cccc4cccnc34)nc(N)nc12. The summed E-state index contributed by atoms with van der Waals surface area (Å²) in [6.07, 6.45) is 3.46. The van der Waals surface area contributed by atoms with Crippen LogP contribution in [0.15, 0.2) is 67.0 Å². The topological polar surface area (TPSA) is 112 Å². The van der Waals surface area contributed by atoms with Gasteiger partial charge in [0.25, 0.3) is 5.91 Å². The van der Waals surface area contributed by atoms with Gasteiger partial charge in [0.2, 0.25) is 5.95 Å². The molecule has 0 spiro atoms. The Bertz CT molecular complexity index is 1440. The second-order valence-electron chi connectivity index (χ2n) is 7.15. The number of carbonyl (C=O) groups is 1. The monoisotopic (exact) mass is 409 g/mol. The normalized spacial score (nSPS) is 11.1. The fraction of sp³-hybridized carbons (Fsp3) is 0.0870. The Morgan fingerprint density at radius 3 is 2.68 bits per heavy atom. The summed E-state index contributed by atoms with van der Waals surface area (Å²) in [5.74, 6) is -0.284. The molecule has 0 saturated heterocycles. The number of nitrogens with one attached hydrogen (secondary N) is 1. The van der Waals surface area contributed by atoms with E-state index in [1.165, 1.54) is 0 Å². The largest absolute Gasteiger partial charge is 0.368 e. The van der Waals surface area contributed by atoms with Crippen molar-refractivity contribution < 1.29 is 4.79 Å². The molecule has 152 valence electrons. The van der Waals surface area contributed by atoms with Crippen LogP contribution in [-0.2, 0) is 13.6 Å². The number of nitrogen functional groups attached to an aromatic ring is 1. The molecular weight excluding hydrogens is 390 g/mol. The predicted molar refractivity (Wildman–Crippen MR) is 119 cm³/mol. The number of pyridine rings is 1. The van der Waals surface area contributed by atoms with E-state index in [9.17, 15) is 4.79 Å². The van der Waals surface area contributed by atoms with Gasteiger partial charge >= 0.3 is 0 Å². The summed E-state index contributed by atoms with van der Waals surface area (Å²) in [5, 5.41) is 8.82. The molecule has 0 radical (unpaired) electrons. The number of aryl methyl sites for hydroxylation is 1. The van der Waals surface area contributed by atoms with E-state index < -0.39 is 0 Å². The quantitative estimate of drug-likeness (QED) is 0.472. The van der Waals surface area contributed by atoms with Crippen LogP contribution in [0.3, 0.4) is 0 Å². The highest BCUT2D eigenvalue weighted by Gasteiger charge is 2.18. The van der Waals surface area contributed by atoms with Crippen molar-refractivity contribution in [2.75, 3.05) is 5.73 Å². The first kappa shape index (κ1) is 18.7. The number of amides is 1. The summed E-state index contributed by atoms with van der Waals surface area (Å²) in [5.41, 5.74) is 10.3. The lowest BCUT2D eigenvalue weighted by atomic mass is 10.1. The third-order valence-corrected chi connectivity index (χ3v) is 5.21. The molecule has 0 unspecified atom stereocenters. The van der Waals surface area contributed by atoms with E-state index in [2.05, 4.69) is 25.4 Å². The molecule has 0 bridgehead atoms. The first-order valence-corrected chi connectivity index (χ1v) is 9.77. The molecule has 8 heteroatoms. The maximum absolute atomic E-state index is 13.1. The number of benzene rings is 2. The number of fused-ring (bicyclic) bond motifs is 2. The van der Waals surface area contributed by atoms with Crippen molar-refractivity contribution in [1.82, 2.24) is 30.0 Å². The van der Waals surface area contributed by atoms with Gasteiger partial charge < -0.3 is 11.1 Å². The van der Waals surface area contributed by atoms with Crippen LogP contribution < -0.4 is 11.1 Å². The van der Waals surface area contributed by atoms with Crippen molar-refractivity contribution in [2.24, 2.45) is 7.05 Å². The number of hydrogen-bond acceptors (Lipinski definition) is 6. The Hall–Kier alpha value is -4.33. The zero-order chi connectivity index (χ0) is 21.4. The first-order valence-electron chi connectivity index (χ1n) is 9.77. The Morgan fingerprint density at radius 2 is 1.84 bits per heavy atom. The van der Waals surface area contributed by atoms with Gasteiger partial charge in [-0.1, -0.05) is 42.5 Å². The van der Waals surface area contributed by atoms with Gasteiger partial charge in [-0.25, -0.2) is 9.97 Å². The van der Waals surface area contributed by atoms with Crippen molar-refractivity contribution in [2.45, 2.75) is 6.54 Å². The van der Waals surface area contributed by atoms with Gasteiger partial charge in [-0.05, 0) is 17.7 Å². The zero-order valence-corrected chi connectivity index (χ0v) is 16.8. The average Bonchev–Trinajstić information content (AvgIpc) is 3.22. The van der Waals surface area contributed by atoms with Crippen LogP contribution in [0.1, 0.15) is 16.1 Å². The predicted octanol–water partition coefficient (Wildman–Crippen LogP) is 3.09. The molecule has 0 aliphatic rings. The maximum atomic E-state index is 13.1. The Kier molecular flexibility index (Phi) is 4.51. The number of carbonyl (C=O) groups excluding carboxylic acids is 1. The standard InChI is InChI=1S/C23H19N7O/c1-30-18(10-12-27-30)16-8-3-9-17-20(16)28-23(24)29-21(17)22(31)26-13-15-6-2-5-14-7-4-11-25-19(14)15/h2-12H,13H2,1H3,(H,26,31)(H2,24,28,29). The van der Waals surface area contributed by atoms with E-state index >= 15 is 0 Å². The van der Waals surface area contributed by atoms with Crippen molar-refractivity contribution >= 4 is 33.7 Å². The summed E-state index contributed by atoms with van der Waals surface area (Å²) in [7, 11) is 1.85. The molecule has 3 heterocycles. The number of nitrogens with zero attached hydrogens (tertiary/aromatic N) is 5. The molecule has 5 aromatic rings. The van der Waals surface area contributed by atoms with Crippen LogP contribution in [0.25, 0.3) is 33.1 Å². The molecular formula is C23H19N7O. The zero-order valence-electron chi connectivity index (χ0n) is 16.8. The number of hydrogen-bond donors (Lipinski definition) is 2. The minimum Gasteiger partial charge on any atom is -0.368 e. The number of anilines is 1. The minimum absolute atomic E-state index is 0.0408. The molecule has 31 heavy (non-hydrogen) atoms. The Morgan fingerprint density at radius 1 is 1.00 bits per heavy atom. The number of nitrogens with two attached hydrogens (primary N) is 1. The molecule has 0 aliphatic carbocycles. The van der Waals surface area contributed by atoms with Crippen molar-refractivity contribution in [3.8, 4) is 11.3 Å². The molecule has 8 nitrogen and oxygen atoms in total. The van der Waals surface area contributed by atoms with E-state index in [1.54, 1.807) is 17.1 Å². The summed E-state index contributed by atoms with van der Waals surface area (Å²) in [6, 6.07) is 17.3. The molecule has 1 amide bonds. The molecule has 2 aromatic carbocycles. The highest BCUT2D eigenvalue weighted by Crippen LogP contribution is 2.28. The van der Waals surface area contributed by atoms with Crippen LogP contribution >= 0.6 is 0 Å². The smallest absolute Gasteiger partial charge is 0.271 e. The molecule has 0 saturated carbocycles. The third kappa shape index (κ3) is 3.33. The minimum atomic E-state index is -0.325. The van der Waals surface area contributed by atoms with Crippen LogP contribution in [-0.4, -0.2) is 30.6 Å². The Labute approximate surface area is 177 Å². The fourth-order valence-corrected chi connectivity index (χ4v) is 3.76. The van der Waals surface area contributed by atoms with Crippen LogP contribution in [0.5, 0.6) is 0 Å². The highest BCUT2D eigenvalue weighted by molar-refractivity contribution is 6.07. The van der Waals surface area contributed by atoms with Crippen LogP contribution in [0.2, 0.25) is 0 Å². The third-order valence-electron chi connectivity index (χ3n) is 5.21. The average molecular weight is 409 g/mol. The fourth-order valence-electron chi connectivity index (χ4n) is 3.76. The van der Waals surface area contributed by atoms with E-state index in [0.29, 0.717) is 17.4 Å². The van der Waals surface area contributed by atoms with Gasteiger partial charge in [0.05, 0.1) is 16.7 Å². The van der Waals surface area contributed by atoms with Crippen molar-refractivity contribution in [1.29, 1.82) is 0 Å². The van der Waals surface area contributed by atoms with Crippen LogP contribution in [0.4, 0.5) is 5.95 Å². The lowest BCUT2D eigenvalue weighted by Gasteiger charge is -2.11. The number of rotatable bonds is 4. The van der Waals surface area contributed by atoms with Gasteiger partial charge in [-0.3, -0.25) is 14.5 Å². The van der Waals surface area contributed by atoms with Gasteiger partial charge in [0.1, 0.15) is 5.69 Å². The van der Waals surface area contributed by atoms with E-state index in [1.807, 2.05) is 61.6 Å². The molecule has 3 N–H and O–H groups in total. The summed E-state index contributed by atoms with van der Waals surface area (Å²) < 4.78 is 1.75. The van der Waals surface area contributed by atoms with Gasteiger partial charge in [-0.2, -0.15) is 5.10 Å². The van der Waals surface area contributed by atoms with Gasteiger partial charge in [-0.15, -0.1) is 0 Å². The van der Waals surface area contributed by atoms with Crippen molar-refractivity contribution in [3.63, 3.8) is 0 Å². The lowest BCUT2D eigenvalue weighted by Crippen LogP contribution is -2.25. The summed E-state index contributed by atoms with van der Waals surface area (Å²) in [6.45, 7) is 0.319. The van der Waals surface area contributed by atoms with E-state index in [-0.39, 0.29) is 17.5 Å².